The molecule has 0 spiro atoms. The normalized spacial score (nSPS) is 32.8. The van der Waals surface area contributed by atoms with E-state index in [1.165, 1.54) is 7.11 Å². The van der Waals surface area contributed by atoms with Crippen LogP contribution in [0.2, 0.25) is 0 Å². The van der Waals surface area contributed by atoms with E-state index in [-0.39, 0.29) is 30.2 Å². The molecule has 2 bridgehead atoms. The summed E-state index contributed by atoms with van der Waals surface area (Å²) >= 11 is 0. The van der Waals surface area contributed by atoms with E-state index in [1.807, 2.05) is 18.2 Å². The van der Waals surface area contributed by atoms with Crippen molar-refractivity contribution < 1.29 is 23.8 Å². The maximum Gasteiger partial charge on any atom is 0.231 e. The molecule has 1 aromatic rings. The van der Waals surface area contributed by atoms with Gasteiger partial charge in [0, 0.05) is 5.92 Å². The quantitative estimate of drug-likeness (QED) is 0.786. The van der Waals surface area contributed by atoms with Crippen LogP contribution in [0.25, 0.3) is 0 Å². The summed E-state index contributed by atoms with van der Waals surface area (Å²) in [6, 6.07) is 5.72. The van der Waals surface area contributed by atoms with Crippen LogP contribution >= 0.6 is 0 Å². The number of fused-ring (bicyclic) bond motifs is 3. The predicted octanol–water partition coefficient (Wildman–Crippen LogP) is 3.23. The van der Waals surface area contributed by atoms with E-state index in [4.69, 9.17) is 14.2 Å². The lowest BCUT2D eigenvalue weighted by Crippen LogP contribution is -2.38. The van der Waals surface area contributed by atoms with E-state index < -0.39 is 11.3 Å². The first kappa shape index (κ1) is 16.2. The van der Waals surface area contributed by atoms with Gasteiger partial charge >= 0.3 is 0 Å². The number of hydrogen-bond acceptors (Lipinski definition) is 5. The molecule has 0 radical (unpaired) electrons. The van der Waals surface area contributed by atoms with Gasteiger partial charge in [-0.25, -0.2) is 0 Å². The molecule has 2 aliphatic carbocycles. The Bertz CT molecular complexity index is 780. The fourth-order valence-corrected chi connectivity index (χ4v) is 4.83. The predicted molar refractivity (Wildman–Crippen MR) is 90.4 cm³/mol. The van der Waals surface area contributed by atoms with E-state index in [0.717, 1.165) is 18.4 Å². The Kier molecular flexibility index (Phi) is 3.63. The summed E-state index contributed by atoms with van der Waals surface area (Å²) in [5, 5.41) is 0. The smallest absolute Gasteiger partial charge is 0.231 e. The SMILES string of the molecule is CCCC12C=C(OC)C(=O)C(C1=O)C(c1ccc3c(c1)OCO3)C2C. The largest absolute Gasteiger partial charge is 0.493 e. The average Bonchev–Trinajstić information content (AvgIpc) is 3.13. The van der Waals surface area contributed by atoms with Gasteiger partial charge in [-0.2, -0.15) is 0 Å². The fourth-order valence-electron chi connectivity index (χ4n) is 4.83. The number of methoxy groups -OCH3 is 1. The summed E-state index contributed by atoms with van der Waals surface area (Å²) in [5.74, 6) is 0.702. The highest BCUT2D eigenvalue weighted by molar-refractivity contribution is 6.17. The van der Waals surface area contributed by atoms with Gasteiger partial charge in [-0.1, -0.05) is 26.3 Å². The van der Waals surface area contributed by atoms with Crippen molar-refractivity contribution in [1.29, 1.82) is 0 Å². The minimum absolute atomic E-state index is 0.0157. The van der Waals surface area contributed by atoms with Gasteiger partial charge < -0.3 is 14.2 Å². The Hall–Kier alpha value is -2.30. The molecular formula is C20H22O5. The standard InChI is InChI=1S/C20H22O5/c1-4-7-20-9-15(23-3)18(21)17(19(20)22)16(11(20)2)12-5-6-13-14(8-12)25-10-24-13/h5-6,8-9,11,16-17H,4,7,10H2,1-3H3. The first-order chi connectivity index (χ1) is 12.0. The van der Waals surface area contributed by atoms with Crippen molar-refractivity contribution >= 4 is 11.6 Å². The number of benzene rings is 1. The molecule has 0 amide bonds. The summed E-state index contributed by atoms with van der Waals surface area (Å²) < 4.78 is 16.2. The molecule has 1 aromatic carbocycles. The maximum atomic E-state index is 13.2. The van der Waals surface area contributed by atoms with Crippen molar-refractivity contribution in [1.82, 2.24) is 0 Å². The molecule has 3 aliphatic rings. The van der Waals surface area contributed by atoms with Crippen LogP contribution in [-0.4, -0.2) is 25.5 Å². The molecule has 0 aromatic heterocycles. The van der Waals surface area contributed by atoms with Crippen LogP contribution in [0.3, 0.4) is 0 Å². The first-order valence-electron chi connectivity index (χ1n) is 8.78. The summed E-state index contributed by atoms with van der Waals surface area (Å²) in [6.07, 6.45) is 3.39. The molecule has 1 fully saturated rings. The van der Waals surface area contributed by atoms with E-state index in [0.29, 0.717) is 17.3 Å². The second-order valence-corrected chi connectivity index (χ2v) is 7.14. The Morgan fingerprint density at radius 2 is 2.00 bits per heavy atom. The van der Waals surface area contributed by atoms with E-state index in [1.54, 1.807) is 6.08 Å². The third-order valence-corrected chi connectivity index (χ3v) is 6.03. The van der Waals surface area contributed by atoms with Crippen LogP contribution in [0.1, 0.15) is 38.2 Å². The number of carbonyl (C=O) groups is 2. The molecule has 25 heavy (non-hydrogen) atoms. The van der Waals surface area contributed by atoms with Crippen LogP contribution < -0.4 is 9.47 Å². The molecule has 132 valence electrons. The zero-order valence-electron chi connectivity index (χ0n) is 14.7. The van der Waals surface area contributed by atoms with Crippen LogP contribution in [0.5, 0.6) is 11.5 Å². The first-order valence-corrected chi connectivity index (χ1v) is 8.78. The summed E-state index contributed by atoms with van der Waals surface area (Å²) in [7, 11) is 1.50. The van der Waals surface area contributed by atoms with Gasteiger partial charge in [-0.3, -0.25) is 9.59 Å². The lowest BCUT2D eigenvalue weighted by atomic mass is 9.71. The third kappa shape index (κ3) is 2.08. The topological polar surface area (TPSA) is 61.8 Å². The summed E-state index contributed by atoms with van der Waals surface area (Å²) in [4.78, 5) is 26.1. The number of rotatable bonds is 4. The molecule has 1 saturated carbocycles. The van der Waals surface area contributed by atoms with Gasteiger partial charge in [0.05, 0.1) is 18.4 Å². The Morgan fingerprint density at radius 1 is 1.24 bits per heavy atom. The van der Waals surface area contributed by atoms with Gasteiger partial charge in [0.1, 0.15) is 0 Å². The third-order valence-electron chi connectivity index (χ3n) is 6.03. The zero-order chi connectivity index (χ0) is 17.8. The highest BCUT2D eigenvalue weighted by Crippen LogP contribution is 2.59. The van der Waals surface area contributed by atoms with Crippen molar-refractivity contribution in [3.8, 4) is 11.5 Å². The number of carbonyl (C=O) groups excluding carboxylic acids is 2. The summed E-state index contributed by atoms with van der Waals surface area (Å²) in [5.41, 5.74) is 0.326. The second kappa shape index (κ2) is 5.61. The molecule has 5 heteroatoms. The monoisotopic (exact) mass is 342 g/mol. The van der Waals surface area contributed by atoms with Crippen molar-refractivity contribution in [2.24, 2.45) is 17.3 Å². The molecule has 4 rings (SSSR count). The van der Waals surface area contributed by atoms with Crippen molar-refractivity contribution in [2.75, 3.05) is 13.9 Å². The second-order valence-electron chi connectivity index (χ2n) is 7.14. The van der Waals surface area contributed by atoms with Crippen molar-refractivity contribution in [3.05, 3.63) is 35.6 Å². The van der Waals surface area contributed by atoms with E-state index in [2.05, 4.69) is 13.8 Å². The number of ether oxygens (including phenoxy) is 3. The lowest BCUT2D eigenvalue weighted by molar-refractivity contribution is -0.136. The molecule has 4 atom stereocenters. The van der Waals surface area contributed by atoms with Gasteiger partial charge in [0.25, 0.3) is 0 Å². The van der Waals surface area contributed by atoms with Gasteiger partial charge in [-0.05, 0) is 36.1 Å². The van der Waals surface area contributed by atoms with Crippen LogP contribution in [0.15, 0.2) is 30.0 Å². The number of allylic oxidation sites excluding steroid dienone is 2. The maximum absolute atomic E-state index is 13.2. The number of Topliss-reactive ketones (excluding diaryl/α,β-unsaturated/α-hetero) is 2. The van der Waals surface area contributed by atoms with Gasteiger partial charge in [0.15, 0.2) is 23.0 Å². The van der Waals surface area contributed by atoms with Crippen LogP contribution in [0.4, 0.5) is 0 Å². The molecule has 5 nitrogen and oxygen atoms in total. The molecule has 4 unspecified atom stereocenters. The number of ketones is 2. The highest BCUT2D eigenvalue weighted by atomic mass is 16.7. The van der Waals surface area contributed by atoms with Crippen molar-refractivity contribution in [3.63, 3.8) is 0 Å². The van der Waals surface area contributed by atoms with Gasteiger partial charge in [0.2, 0.25) is 12.6 Å². The highest BCUT2D eigenvalue weighted by Gasteiger charge is 2.62. The van der Waals surface area contributed by atoms with Crippen LogP contribution in [0, 0.1) is 17.3 Å². The molecular weight excluding hydrogens is 320 g/mol. The minimum Gasteiger partial charge on any atom is -0.493 e. The average molecular weight is 342 g/mol. The van der Waals surface area contributed by atoms with E-state index >= 15 is 0 Å². The Morgan fingerprint density at radius 3 is 2.72 bits per heavy atom. The molecule has 1 heterocycles. The molecule has 1 aliphatic heterocycles. The van der Waals surface area contributed by atoms with Crippen LogP contribution in [-0.2, 0) is 14.3 Å². The molecule has 0 saturated heterocycles. The van der Waals surface area contributed by atoms with Crippen molar-refractivity contribution in [2.45, 2.75) is 32.6 Å². The lowest BCUT2D eigenvalue weighted by Gasteiger charge is -2.31. The Labute approximate surface area is 146 Å². The fraction of sp³-hybridized carbons (Fsp3) is 0.500. The Balaban J connectivity index is 1.83. The summed E-state index contributed by atoms with van der Waals surface area (Å²) in [6.45, 7) is 4.34. The number of hydrogen-bond donors (Lipinski definition) is 0. The van der Waals surface area contributed by atoms with Gasteiger partial charge in [-0.15, -0.1) is 0 Å². The zero-order valence-corrected chi connectivity index (χ0v) is 14.7. The minimum atomic E-state index is -0.679. The molecule has 0 N–H and O–H groups in total. The van der Waals surface area contributed by atoms with E-state index in [9.17, 15) is 9.59 Å².